The van der Waals surface area contributed by atoms with Gasteiger partial charge in [-0.15, -0.1) is 0 Å². The third kappa shape index (κ3) is 2.07. The molecular weight excluding hydrogens is 286 g/mol. The van der Waals surface area contributed by atoms with Gasteiger partial charge in [-0.05, 0) is 54.0 Å². The molecule has 2 aromatic carbocycles. The van der Waals surface area contributed by atoms with E-state index >= 15 is 0 Å². The highest BCUT2D eigenvalue weighted by atomic mass is 16.3. The van der Waals surface area contributed by atoms with Gasteiger partial charge in [0.05, 0.1) is 0 Å². The fourth-order valence-corrected chi connectivity index (χ4v) is 4.57. The van der Waals surface area contributed by atoms with Gasteiger partial charge >= 0.3 is 0 Å². The summed E-state index contributed by atoms with van der Waals surface area (Å²) in [6, 6.07) is 14.4. The predicted molar refractivity (Wildman–Crippen MR) is 90.4 cm³/mol. The largest absolute Gasteiger partial charge is 0.451 e. The van der Waals surface area contributed by atoms with Crippen molar-refractivity contribution in [3.8, 4) is 0 Å². The molecule has 3 aromatic rings. The number of fused-ring (bicyclic) bond motifs is 5. The topological polar surface area (TPSA) is 42.2 Å². The number of rotatable bonds is 2. The van der Waals surface area contributed by atoms with Crippen molar-refractivity contribution in [3.05, 3.63) is 48.2 Å². The summed E-state index contributed by atoms with van der Waals surface area (Å²) in [6.07, 6.45) is 5.03. The van der Waals surface area contributed by atoms with E-state index in [9.17, 15) is 4.79 Å². The molecule has 1 amide bonds. The molecule has 3 atom stereocenters. The second kappa shape index (κ2) is 4.85. The van der Waals surface area contributed by atoms with Crippen LogP contribution in [0.2, 0.25) is 0 Å². The minimum Gasteiger partial charge on any atom is -0.451 e. The highest BCUT2D eigenvalue weighted by molar-refractivity contribution is 6.08. The number of furan rings is 1. The van der Waals surface area contributed by atoms with E-state index in [0.717, 1.165) is 28.7 Å². The smallest absolute Gasteiger partial charge is 0.287 e. The first kappa shape index (κ1) is 13.2. The van der Waals surface area contributed by atoms with Crippen LogP contribution in [0.1, 0.15) is 36.2 Å². The van der Waals surface area contributed by atoms with E-state index in [1.807, 2.05) is 30.3 Å². The van der Waals surface area contributed by atoms with Crippen molar-refractivity contribution >= 4 is 27.6 Å². The minimum atomic E-state index is -0.0668. The van der Waals surface area contributed by atoms with Crippen LogP contribution in [0, 0.1) is 11.8 Å². The number of amides is 1. The fourth-order valence-electron chi connectivity index (χ4n) is 4.57. The second-order valence-corrected chi connectivity index (χ2v) is 7.06. The Labute approximate surface area is 134 Å². The molecule has 23 heavy (non-hydrogen) atoms. The molecule has 1 heterocycles. The van der Waals surface area contributed by atoms with Crippen molar-refractivity contribution in [2.75, 3.05) is 0 Å². The molecule has 1 N–H and O–H groups in total. The average Bonchev–Trinajstić information content (AvgIpc) is 3.29. The molecule has 0 saturated heterocycles. The third-order valence-corrected chi connectivity index (χ3v) is 5.70. The molecule has 1 aromatic heterocycles. The van der Waals surface area contributed by atoms with Gasteiger partial charge in [0.2, 0.25) is 0 Å². The van der Waals surface area contributed by atoms with E-state index in [2.05, 4.69) is 17.4 Å². The van der Waals surface area contributed by atoms with Crippen LogP contribution in [-0.4, -0.2) is 11.9 Å². The van der Waals surface area contributed by atoms with E-state index in [1.54, 1.807) is 0 Å². The Hall–Kier alpha value is -2.29. The maximum atomic E-state index is 12.6. The highest BCUT2D eigenvalue weighted by Crippen LogP contribution is 2.44. The summed E-state index contributed by atoms with van der Waals surface area (Å²) in [7, 11) is 0. The molecule has 0 spiro atoms. The monoisotopic (exact) mass is 305 g/mol. The first-order chi connectivity index (χ1) is 11.3. The van der Waals surface area contributed by atoms with Gasteiger partial charge in [0.15, 0.2) is 5.76 Å². The summed E-state index contributed by atoms with van der Waals surface area (Å²) in [5, 5.41) is 6.52. The summed E-state index contributed by atoms with van der Waals surface area (Å²) in [5.41, 5.74) is 0.779. The van der Waals surface area contributed by atoms with Gasteiger partial charge in [0.25, 0.3) is 5.91 Å². The van der Waals surface area contributed by atoms with Crippen LogP contribution in [0.4, 0.5) is 0 Å². The van der Waals surface area contributed by atoms with E-state index in [0.29, 0.717) is 17.7 Å². The van der Waals surface area contributed by atoms with Crippen LogP contribution in [0.3, 0.4) is 0 Å². The van der Waals surface area contributed by atoms with E-state index < -0.39 is 0 Å². The Kier molecular flexibility index (Phi) is 2.78. The molecule has 2 aliphatic rings. The van der Waals surface area contributed by atoms with Gasteiger partial charge in [0.1, 0.15) is 5.58 Å². The average molecular weight is 305 g/mol. The zero-order chi connectivity index (χ0) is 15.4. The van der Waals surface area contributed by atoms with Crippen molar-refractivity contribution in [2.45, 2.75) is 31.7 Å². The number of hydrogen-bond acceptors (Lipinski definition) is 2. The van der Waals surface area contributed by atoms with Gasteiger partial charge in [-0.3, -0.25) is 4.79 Å². The molecule has 0 aliphatic heterocycles. The number of hydrogen-bond donors (Lipinski definition) is 1. The lowest BCUT2D eigenvalue weighted by atomic mass is 9.95. The van der Waals surface area contributed by atoms with Crippen molar-refractivity contribution < 1.29 is 9.21 Å². The standard InChI is InChI=1S/C20H19NO2/c22-20(21-17-10-12-5-6-14(17)9-12)19-11-16-15-4-2-1-3-13(15)7-8-18(16)23-19/h1-4,7-8,11-12,14,17H,5-6,9-10H2,(H,21,22)/t12-,14-,17+/m0/s1. The lowest BCUT2D eigenvalue weighted by molar-refractivity contribution is 0.0897. The zero-order valence-electron chi connectivity index (χ0n) is 12.9. The quantitative estimate of drug-likeness (QED) is 0.757. The number of benzene rings is 2. The van der Waals surface area contributed by atoms with Crippen molar-refractivity contribution in [1.82, 2.24) is 5.32 Å². The molecule has 3 nitrogen and oxygen atoms in total. The van der Waals surface area contributed by atoms with Crippen LogP contribution in [0.15, 0.2) is 46.9 Å². The predicted octanol–water partition coefficient (Wildman–Crippen LogP) is 4.50. The maximum Gasteiger partial charge on any atom is 0.287 e. The normalized spacial score (nSPS) is 26.2. The molecule has 116 valence electrons. The van der Waals surface area contributed by atoms with Crippen LogP contribution in [0.25, 0.3) is 21.7 Å². The zero-order valence-corrected chi connectivity index (χ0v) is 12.9. The molecule has 0 radical (unpaired) electrons. The van der Waals surface area contributed by atoms with Gasteiger partial charge in [-0.2, -0.15) is 0 Å². The minimum absolute atomic E-state index is 0.0668. The van der Waals surface area contributed by atoms with Gasteiger partial charge in [0, 0.05) is 11.4 Å². The van der Waals surface area contributed by atoms with Crippen molar-refractivity contribution in [1.29, 1.82) is 0 Å². The van der Waals surface area contributed by atoms with Gasteiger partial charge < -0.3 is 9.73 Å². The Bertz CT molecular complexity index is 910. The van der Waals surface area contributed by atoms with Crippen LogP contribution in [0.5, 0.6) is 0 Å². The lowest BCUT2D eigenvalue weighted by Gasteiger charge is -2.22. The molecule has 5 rings (SSSR count). The van der Waals surface area contributed by atoms with Crippen LogP contribution < -0.4 is 5.32 Å². The summed E-state index contributed by atoms with van der Waals surface area (Å²) in [6.45, 7) is 0. The number of nitrogens with one attached hydrogen (secondary N) is 1. The van der Waals surface area contributed by atoms with E-state index in [-0.39, 0.29) is 5.91 Å². The Balaban J connectivity index is 1.48. The molecule has 0 unspecified atom stereocenters. The summed E-state index contributed by atoms with van der Waals surface area (Å²) < 4.78 is 5.82. The maximum absolute atomic E-state index is 12.6. The second-order valence-electron chi connectivity index (χ2n) is 7.06. The summed E-state index contributed by atoms with van der Waals surface area (Å²) >= 11 is 0. The number of carbonyl (C=O) groups excluding carboxylic acids is 1. The molecular formula is C20H19NO2. The molecule has 2 bridgehead atoms. The molecule has 2 fully saturated rings. The summed E-state index contributed by atoms with van der Waals surface area (Å²) in [4.78, 5) is 12.6. The molecule has 2 aliphatic carbocycles. The molecule has 2 saturated carbocycles. The van der Waals surface area contributed by atoms with Gasteiger partial charge in [-0.1, -0.05) is 36.8 Å². The Morgan fingerprint density at radius 3 is 2.78 bits per heavy atom. The van der Waals surface area contributed by atoms with Crippen LogP contribution in [-0.2, 0) is 0 Å². The third-order valence-electron chi connectivity index (χ3n) is 5.70. The SMILES string of the molecule is O=C(N[C@@H]1C[C@H]2CC[C@H]1C2)c1cc2c(ccc3ccccc32)o1. The highest BCUT2D eigenvalue weighted by Gasteiger charge is 2.40. The summed E-state index contributed by atoms with van der Waals surface area (Å²) in [5.74, 6) is 1.86. The van der Waals surface area contributed by atoms with Gasteiger partial charge in [-0.25, -0.2) is 0 Å². The van der Waals surface area contributed by atoms with Crippen molar-refractivity contribution in [3.63, 3.8) is 0 Å². The van der Waals surface area contributed by atoms with E-state index in [1.165, 1.54) is 24.6 Å². The first-order valence-corrected chi connectivity index (χ1v) is 8.50. The van der Waals surface area contributed by atoms with Crippen LogP contribution >= 0.6 is 0 Å². The van der Waals surface area contributed by atoms with E-state index in [4.69, 9.17) is 4.42 Å². The van der Waals surface area contributed by atoms with Crippen molar-refractivity contribution in [2.24, 2.45) is 11.8 Å². The number of carbonyl (C=O) groups is 1. The Morgan fingerprint density at radius 1 is 1.04 bits per heavy atom. The fraction of sp³-hybridized carbons (Fsp3) is 0.350. The first-order valence-electron chi connectivity index (χ1n) is 8.50. The lowest BCUT2D eigenvalue weighted by Crippen LogP contribution is -2.38. The Morgan fingerprint density at radius 2 is 1.96 bits per heavy atom. The molecule has 3 heteroatoms.